The van der Waals surface area contributed by atoms with E-state index in [1.54, 1.807) is 0 Å². The number of hydrogen-bond acceptors (Lipinski definition) is 0. The van der Waals surface area contributed by atoms with Gasteiger partial charge in [0.2, 0.25) is 0 Å². The molecule has 12 heavy (non-hydrogen) atoms. The summed E-state index contributed by atoms with van der Waals surface area (Å²) in [4.78, 5) is 0. The van der Waals surface area contributed by atoms with Crippen LogP contribution in [-0.2, 0) is 0 Å². The molecule has 0 aromatic heterocycles. The molecule has 2 aromatic rings. The molecule has 2 aromatic carbocycles. The fraction of sp³-hybridized carbons (Fsp3) is 0. The fourth-order valence-corrected chi connectivity index (χ4v) is 1.13. The van der Waals surface area contributed by atoms with Crippen molar-refractivity contribution in [3.05, 3.63) is 48.5 Å². The summed E-state index contributed by atoms with van der Waals surface area (Å²) in [6.07, 6.45) is 0. The van der Waals surface area contributed by atoms with Crippen LogP contribution >= 0.6 is 0 Å². The quantitative estimate of drug-likeness (QED) is 0.515. The summed E-state index contributed by atoms with van der Waals surface area (Å²) in [6, 6.07) is 16.7. The molecule has 0 spiro atoms. The molecule has 0 aliphatic carbocycles. The Bertz CT molecular complexity index is 281. The van der Waals surface area contributed by atoms with E-state index in [1.807, 2.05) is 0 Å². The van der Waals surface area contributed by atoms with Gasteiger partial charge in [-0.05, 0) is 10.8 Å². The molecule has 0 atom stereocenters. The summed E-state index contributed by atoms with van der Waals surface area (Å²) < 4.78 is 0. The fourth-order valence-electron chi connectivity index (χ4n) is 1.13. The molecule has 0 aliphatic rings. The van der Waals surface area contributed by atoms with E-state index >= 15 is 0 Å². The van der Waals surface area contributed by atoms with Crippen molar-refractivity contribution in [1.82, 2.24) is 0 Å². The number of hydrogen-bond donors (Lipinski definition) is 0. The molecule has 2 rings (SSSR count). The molecule has 0 unspecified atom stereocenters. The van der Waals surface area contributed by atoms with Gasteiger partial charge in [0, 0.05) is 48.4 Å². The largest absolute Gasteiger partial charge is 0.0616 e. The van der Waals surface area contributed by atoms with E-state index in [0.717, 1.165) is 0 Å². The Labute approximate surface area is 107 Å². The predicted molar refractivity (Wildman–Crippen MR) is 55.5 cm³/mol. The first-order chi connectivity index (χ1) is 4.97. The van der Waals surface area contributed by atoms with Crippen LogP contribution in [0.4, 0.5) is 0 Å². The number of rotatable bonds is 0. The van der Waals surface area contributed by atoms with Gasteiger partial charge in [-0.3, -0.25) is 0 Å². The van der Waals surface area contributed by atoms with Crippen molar-refractivity contribution in [1.29, 1.82) is 0 Å². The minimum Gasteiger partial charge on any atom is -0.0616 e. The van der Waals surface area contributed by atoms with Gasteiger partial charge < -0.3 is 0 Å². The SMILES string of the molecule is [Li].[Na].c1ccc2ccccc2c1. The van der Waals surface area contributed by atoms with E-state index in [0.29, 0.717) is 0 Å². The third kappa shape index (κ3) is 2.66. The van der Waals surface area contributed by atoms with Crippen molar-refractivity contribution >= 4 is 59.2 Å². The van der Waals surface area contributed by atoms with Crippen molar-refractivity contribution in [2.24, 2.45) is 0 Å². The summed E-state index contributed by atoms with van der Waals surface area (Å²) >= 11 is 0. The molecule has 0 saturated carbocycles. The Kier molecular flexibility index (Phi) is 6.01. The summed E-state index contributed by atoms with van der Waals surface area (Å²) in [5.41, 5.74) is 0. The Morgan fingerprint density at radius 3 is 1.08 bits per heavy atom. The predicted octanol–water partition coefficient (Wildman–Crippen LogP) is 2.08. The van der Waals surface area contributed by atoms with Gasteiger partial charge >= 0.3 is 0 Å². The second-order valence-electron chi connectivity index (χ2n) is 2.35. The van der Waals surface area contributed by atoms with E-state index in [9.17, 15) is 0 Å². The topological polar surface area (TPSA) is 0 Å². The summed E-state index contributed by atoms with van der Waals surface area (Å²) in [5.74, 6) is 0. The van der Waals surface area contributed by atoms with Crippen molar-refractivity contribution in [3.8, 4) is 0 Å². The van der Waals surface area contributed by atoms with E-state index in [2.05, 4.69) is 48.5 Å². The maximum Gasteiger partial charge on any atom is 0 e. The number of benzene rings is 2. The van der Waals surface area contributed by atoms with Crippen LogP contribution in [0.3, 0.4) is 0 Å². The summed E-state index contributed by atoms with van der Waals surface area (Å²) in [6.45, 7) is 0. The second-order valence-corrected chi connectivity index (χ2v) is 2.35. The van der Waals surface area contributed by atoms with Crippen molar-refractivity contribution in [2.75, 3.05) is 0 Å². The molecule has 0 saturated heterocycles. The van der Waals surface area contributed by atoms with E-state index in [-0.39, 0.29) is 48.4 Å². The van der Waals surface area contributed by atoms with Gasteiger partial charge in [-0.25, -0.2) is 0 Å². The minimum atomic E-state index is 0. The van der Waals surface area contributed by atoms with Crippen molar-refractivity contribution in [3.63, 3.8) is 0 Å². The Hall–Kier alpha value is 0.297. The second kappa shape index (κ2) is 5.86. The van der Waals surface area contributed by atoms with Gasteiger partial charge in [0.25, 0.3) is 0 Å². The first-order valence-electron chi connectivity index (χ1n) is 3.40. The van der Waals surface area contributed by atoms with E-state index in [4.69, 9.17) is 0 Å². The zero-order valence-electron chi connectivity index (χ0n) is 7.62. The van der Waals surface area contributed by atoms with Gasteiger partial charge in [0.05, 0.1) is 0 Å². The van der Waals surface area contributed by atoms with Crippen LogP contribution in [-0.4, -0.2) is 48.4 Å². The molecule has 0 heterocycles. The zero-order chi connectivity index (χ0) is 6.81. The Balaban J connectivity index is 0.000000605. The molecule has 0 aliphatic heterocycles. The Morgan fingerprint density at radius 2 is 0.833 bits per heavy atom. The molecular weight excluding hydrogens is 150 g/mol. The molecule has 2 radical (unpaired) electrons. The van der Waals surface area contributed by atoms with Crippen LogP contribution in [0.25, 0.3) is 10.8 Å². The van der Waals surface area contributed by atoms with E-state index < -0.39 is 0 Å². The first-order valence-corrected chi connectivity index (χ1v) is 3.40. The minimum absolute atomic E-state index is 0. The third-order valence-electron chi connectivity index (χ3n) is 1.66. The molecule has 0 bridgehead atoms. The summed E-state index contributed by atoms with van der Waals surface area (Å²) in [5, 5.41) is 2.62. The average Bonchev–Trinajstić information content (AvgIpc) is 2.05. The third-order valence-corrected chi connectivity index (χ3v) is 1.66. The summed E-state index contributed by atoms with van der Waals surface area (Å²) in [7, 11) is 0. The van der Waals surface area contributed by atoms with Gasteiger partial charge in [-0.2, -0.15) is 0 Å². The smallest absolute Gasteiger partial charge is 0 e. The molecular formula is C10H8LiNa. The molecule has 50 valence electrons. The van der Waals surface area contributed by atoms with Crippen LogP contribution in [0.5, 0.6) is 0 Å². The van der Waals surface area contributed by atoms with Crippen LogP contribution < -0.4 is 0 Å². The molecule has 0 nitrogen and oxygen atoms in total. The van der Waals surface area contributed by atoms with Gasteiger partial charge in [-0.1, -0.05) is 48.5 Å². The van der Waals surface area contributed by atoms with Crippen molar-refractivity contribution in [2.45, 2.75) is 0 Å². The standard InChI is InChI=1S/C10H8.Li.Na/c1-2-6-10-8-4-3-7-9(10)5-1;;/h1-8H;;. The molecule has 0 fully saturated rings. The Morgan fingerprint density at radius 1 is 0.583 bits per heavy atom. The van der Waals surface area contributed by atoms with Gasteiger partial charge in [0.1, 0.15) is 0 Å². The molecule has 0 amide bonds. The maximum atomic E-state index is 2.12. The van der Waals surface area contributed by atoms with Gasteiger partial charge in [0.15, 0.2) is 0 Å². The van der Waals surface area contributed by atoms with Crippen LogP contribution in [0.1, 0.15) is 0 Å². The van der Waals surface area contributed by atoms with Crippen molar-refractivity contribution < 1.29 is 0 Å². The molecule has 0 N–H and O–H groups in total. The van der Waals surface area contributed by atoms with Crippen LogP contribution in [0, 0.1) is 0 Å². The van der Waals surface area contributed by atoms with Crippen LogP contribution in [0.15, 0.2) is 48.5 Å². The molecule has 2 heteroatoms. The first kappa shape index (κ1) is 12.3. The van der Waals surface area contributed by atoms with Gasteiger partial charge in [-0.15, -0.1) is 0 Å². The maximum absolute atomic E-state index is 2.12. The number of fused-ring (bicyclic) bond motifs is 1. The zero-order valence-corrected chi connectivity index (χ0v) is 9.62. The van der Waals surface area contributed by atoms with E-state index in [1.165, 1.54) is 10.8 Å². The normalized spacial score (nSPS) is 8.33. The average molecular weight is 158 g/mol. The van der Waals surface area contributed by atoms with Crippen LogP contribution in [0.2, 0.25) is 0 Å². The monoisotopic (exact) mass is 158 g/mol.